The van der Waals surface area contributed by atoms with Crippen LogP contribution in [0.3, 0.4) is 0 Å². The Morgan fingerprint density at radius 3 is 2.90 bits per heavy atom. The summed E-state index contributed by atoms with van der Waals surface area (Å²) in [5.74, 6) is 1.01. The second-order valence-electron chi connectivity index (χ2n) is 5.58. The third-order valence-corrected chi connectivity index (χ3v) is 2.71. The molecule has 0 aromatic carbocycles. The molecule has 1 aliphatic rings. The van der Waals surface area contributed by atoms with Gasteiger partial charge in [0.2, 0.25) is 0 Å². The van der Waals surface area contributed by atoms with Gasteiger partial charge in [-0.05, 0) is 32.9 Å². The van der Waals surface area contributed by atoms with Crippen LogP contribution in [0.5, 0.6) is 5.75 Å². The Balaban J connectivity index is 2.26. The zero-order valence-corrected chi connectivity index (χ0v) is 12.0. The maximum Gasteiger partial charge on any atom is 0.416 e. The third-order valence-electron chi connectivity index (χ3n) is 2.71. The molecule has 20 heavy (non-hydrogen) atoms. The normalized spacial score (nSPS) is 14.5. The first-order valence-corrected chi connectivity index (χ1v) is 6.65. The highest BCUT2D eigenvalue weighted by atomic mass is 16.6. The summed E-state index contributed by atoms with van der Waals surface area (Å²) in [6.07, 6.45) is 0.00538. The van der Waals surface area contributed by atoms with Crippen molar-refractivity contribution in [1.29, 1.82) is 0 Å². The van der Waals surface area contributed by atoms with E-state index in [1.165, 1.54) is 4.90 Å². The molecule has 2 rings (SSSR count). The molecule has 1 aromatic rings. The average molecular weight is 280 g/mol. The summed E-state index contributed by atoms with van der Waals surface area (Å²) in [6, 6.07) is 3.55. The van der Waals surface area contributed by atoms with E-state index < -0.39 is 11.7 Å². The molecule has 1 aliphatic heterocycles. The van der Waals surface area contributed by atoms with Gasteiger partial charge < -0.3 is 14.6 Å². The van der Waals surface area contributed by atoms with Crippen molar-refractivity contribution >= 4 is 11.9 Å². The van der Waals surface area contributed by atoms with Crippen LogP contribution in [0.2, 0.25) is 0 Å². The second-order valence-corrected chi connectivity index (χ2v) is 5.58. The van der Waals surface area contributed by atoms with Crippen molar-refractivity contribution in [3.05, 3.63) is 17.8 Å². The van der Waals surface area contributed by atoms with E-state index >= 15 is 0 Å². The van der Waals surface area contributed by atoms with Gasteiger partial charge in [0.05, 0.1) is 6.54 Å². The molecule has 0 bridgehead atoms. The minimum atomic E-state index is -0.557. The molecule has 1 aromatic heterocycles. The number of amides is 1. The summed E-state index contributed by atoms with van der Waals surface area (Å²) in [4.78, 5) is 18.1. The Morgan fingerprint density at radius 2 is 2.25 bits per heavy atom. The number of hydrogen-bond acceptors (Lipinski definition) is 5. The van der Waals surface area contributed by atoms with E-state index in [1.807, 2.05) is 20.8 Å². The number of carbonyl (C=O) groups excluding carboxylic acids is 1. The zero-order chi connectivity index (χ0) is 14.8. The van der Waals surface area contributed by atoms with Crippen LogP contribution in [0.15, 0.2) is 12.1 Å². The standard InChI is InChI=1S/C14H20N2O4/c1-14(2,3)20-13(18)16-7-9-19-11-5-4-10(6-8-17)15-12(11)16/h4-5,17H,6-9H2,1-3H3. The van der Waals surface area contributed by atoms with Crippen LogP contribution in [-0.2, 0) is 11.2 Å². The number of ether oxygens (including phenoxy) is 2. The minimum absolute atomic E-state index is 0.0130. The van der Waals surface area contributed by atoms with Crippen LogP contribution in [-0.4, -0.2) is 41.5 Å². The number of fused-ring (bicyclic) bond motifs is 1. The number of aliphatic hydroxyl groups is 1. The largest absolute Gasteiger partial charge is 0.488 e. The number of carbonyl (C=O) groups is 1. The lowest BCUT2D eigenvalue weighted by Gasteiger charge is -2.30. The van der Waals surface area contributed by atoms with Crippen LogP contribution in [0.1, 0.15) is 26.5 Å². The van der Waals surface area contributed by atoms with Crippen molar-refractivity contribution in [2.24, 2.45) is 0 Å². The Labute approximate surface area is 118 Å². The summed E-state index contributed by atoms with van der Waals surface area (Å²) in [6.45, 7) is 6.29. The maximum absolute atomic E-state index is 12.2. The monoisotopic (exact) mass is 280 g/mol. The molecule has 2 heterocycles. The summed E-state index contributed by atoms with van der Waals surface area (Å²) >= 11 is 0. The molecule has 0 unspecified atom stereocenters. The van der Waals surface area contributed by atoms with Crippen LogP contribution in [0.4, 0.5) is 10.6 Å². The van der Waals surface area contributed by atoms with Gasteiger partial charge in [0.25, 0.3) is 0 Å². The van der Waals surface area contributed by atoms with E-state index in [2.05, 4.69) is 4.98 Å². The molecule has 0 atom stereocenters. The fourth-order valence-electron chi connectivity index (χ4n) is 1.88. The summed E-state index contributed by atoms with van der Waals surface area (Å²) in [5.41, 5.74) is 0.156. The summed E-state index contributed by atoms with van der Waals surface area (Å²) < 4.78 is 10.9. The van der Waals surface area contributed by atoms with Gasteiger partial charge in [-0.3, -0.25) is 4.90 Å². The van der Waals surface area contributed by atoms with Gasteiger partial charge in [0.15, 0.2) is 11.6 Å². The van der Waals surface area contributed by atoms with E-state index in [-0.39, 0.29) is 6.61 Å². The van der Waals surface area contributed by atoms with Crippen molar-refractivity contribution < 1.29 is 19.4 Å². The Bertz CT molecular complexity index is 496. The molecule has 0 saturated heterocycles. The molecule has 0 radical (unpaired) electrons. The van der Waals surface area contributed by atoms with Gasteiger partial charge >= 0.3 is 6.09 Å². The first kappa shape index (κ1) is 14.6. The Hall–Kier alpha value is -1.82. The van der Waals surface area contributed by atoms with Gasteiger partial charge in [-0.1, -0.05) is 0 Å². The lowest BCUT2D eigenvalue weighted by molar-refractivity contribution is 0.0566. The topological polar surface area (TPSA) is 71.9 Å². The number of aromatic nitrogens is 1. The molecule has 6 nitrogen and oxygen atoms in total. The Morgan fingerprint density at radius 1 is 1.50 bits per heavy atom. The SMILES string of the molecule is CC(C)(C)OC(=O)N1CCOc2ccc(CCO)nc21. The Kier molecular flexibility index (Phi) is 4.13. The van der Waals surface area contributed by atoms with Crippen LogP contribution >= 0.6 is 0 Å². The highest BCUT2D eigenvalue weighted by molar-refractivity contribution is 5.88. The summed E-state index contributed by atoms with van der Waals surface area (Å²) in [7, 11) is 0. The molecule has 0 spiro atoms. The average Bonchev–Trinajstić information content (AvgIpc) is 2.36. The zero-order valence-electron chi connectivity index (χ0n) is 12.0. The highest BCUT2D eigenvalue weighted by Gasteiger charge is 2.29. The molecular weight excluding hydrogens is 260 g/mol. The number of rotatable bonds is 2. The van der Waals surface area contributed by atoms with Crippen molar-refractivity contribution in [2.45, 2.75) is 32.8 Å². The van der Waals surface area contributed by atoms with Crippen LogP contribution in [0, 0.1) is 0 Å². The van der Waals surface area contributed by atoms with Gasteiger partial charge in [-0.15, -0.1) is 0 Å². The quantitative estimate of drug-likeness (QED) is 0.893. The molecular formula is C14H20N2O4. The first-order chi connectivity index (χ1) is 9.40. The van der Waals surface area contributed by atoms with E-state index in [1.54, 1.807) is 12.1 Å². The minimum Gasteiger partial charge on any atom is -0.488 e. The van der Waals surface area contributed by atoms with E-state index in [9.17, 15) is 4.79 Å². The van der Waals surface area contributed by atoms with Crippen LogP contribution in [0.25, 0.3) is 0 Å². The number of pyridine rings is 1. The van der Waals surface area contributed by atoms with E-state index in [0.717, 1.165) is 0 Å². The maximum atomic E-state index is 12.2. The number of nitrogens with zero attached hydrogens (tertiary/aromatic N) is 2. The number of anilines is 1. The molecule has 1 amide bonds. The molecule has 0 fully saturated rings. The van der Waals surface area contributed by atoms with Crippen molar-refractivity contribution in [2.75, 3.05) is 24.7 Å². The molecule has 110 valence electrons. The molecule has 6 heteroatoms. The van der Waals surface area contributed by atoms with Gasteiger partial charge in [-0.25, -0.2) is 9.78 Å². The smallest absolute Gasteiger partial charge is 0.416 e. The number of hydrogen-bond donors (Lipinski definition) is 1. The van der Waals surface area contributed by atoms with E-state index in [0.29, 0.717) is 36.8 Å². The van der Waals surface area contributed by atoms with Gasteiger partial charge in [0, 0.05) is 18.7 Å². The third kappa shape index (κ3) is 3.39. The van der Waals surface area contributed by atoms with E-state index in [4.69, 9.17) is 14.6 Å². The lowest BCUT2D eigenvalue weighted by Crippen LogP contribution is -2.42. The molecule has 1 N–H and O–H groups in total. The second kappa shape index (κ2) is 5.66. The fourth-order valence-corrected chi connectivity index (χ4v) is 1.88. The van der Waals surface area contributed by atoms with Crippen molar-refractivity contribution in [3.63, 3.8) is 0 Å². The molecule has 0 aliphatic carbocycles. The summed E-state index contributed by atoms with van der Waals surface area (Å²) in [5, 5.41) is 8.98. The van der Waals surface area contributed by atoms with Gasteiger partial charge in [0.1, 0.15) is 12.2 Å². The highest BCUT2D eigenvalue weighted by Crippen LogP contribution is 2.30. The van der Waals surface area contributed by atoms with Crippen molar-refractivity contribution in [1.82, 2.24) is 4.98 Å². The number of aliphatic hydroxyl groups excluding tert-OH is 1. The first-order valence-electron chi connectivity index (χ1n) is 6.65. The predicted octanol–water partition coefficient (Wildman–Crippen LogP) is 1.75. The fraction of sp³-hybridized carbons (Fsp3) is 0.571. The predicted molar refractivity (Wildman–Crippen MR) is 74.1 cm³/mol. The van der Waals surface area contributed by atoms with Gasteiger partial charge in [-0.2, -0.15) is 0 Å². The van der Waals surface area contributed by atoms with Crippen molar-refractivity contribution in [3.8, 4) is 5.75 Å². The van der Waals surface area contributed by atoms with Crippen LogP contribution < -0.4 is 9.64 Å². The molecule has 0 saturated carbocycles. The lowest BCUT2D eigenvalue weighted by atomic mass is 10.2.